The zero-order chi connectivity index (χ0) is 33.2. The summed E-state index contributed by atoms with van der Waals surface area (Å²) < 4.78 is 65.8. The Labute approximate surface area is 277 Å². The van der Waals surface area contributed by atoms with Crippen molar-refractivity contribution in [3.63, 3.8) is 0 Å². The van der Waals surface area contributed by atoms with E-state index in [4.69, 9.17) is 0 Å². The molecule has 2 aromatic heterocycles. The standard InChI is InChI=1S/C38H42F4N4O2/c39-27-5-1-3-25-31-19-43-21-45(31)29(33(25)27)11-17-37(41)13-7-23(8-14-37)35(47)36(48)24-9-15-38(42,16-10-24)18-12-30-34-26(4-2-6-28(34)40)32-20-44-22-46(30)32/h1-6,19-24,29-30,35-36,47-48H,7-18H2. The van der Waals surface area contributed by atoms with Gasteiger partial charge in [0.1, 0.15) is 23.0 Å². The van der Waals surface area contributed by atoms with E-state index in [0.717, 1.165) is 22.5 Å². The van der Waals surface area contributed by atoms with Gasteiger partial charge >= 0.3 is 0 Å². The van der Waals surface area contributed by atoms with Crippen molar-refractivity contribution >= 4 is 0 Å². The Hall–Kier alpha value is -3.50. The normalized spacial score (nSPS) is 30.4. The Balaban J connectivity index is 0.830. The van der Waals surface area contributed by atoms with Crippen LogP contribution in [0.5, 0.6) is 0 Å². The van der Waals surface area contributed by atoms with E-state index in [1.165, 1.54) is 12.1 Å². The average molecular weight is 663 g/mol. The zero-order valence-electron chi connectivity index (χ0n) is 26.9. The molecule has 6 nitrogen and oxygen atoms in total. The van der Waals surface area contributed by atoms with Crippen LogP contribution in [0.4, 0.5) is 17.6 Å². The lowest BCUT2D eigenvalue weighted by molar-refractivity contribution is -0.0833. The lowest BCUT2D eigenvalue weighted by atomic mass is 9.70. The largest absolute Gasteiger partial charge is 0.390 e. The zero-order valence-corrected chi connectivity index (χ0v) is 26.9. The van der Waals surface area contributed by atoms with Crippen LogP contribution in [0.25, 0.3) is 22.5 Å². The number of hydrogen-bond acceptors (Lipinski definition) is 4. The van der Waals surface area contributed by atoms with Crippen molar-refractivity contribution in [3.05, 3.63) is 84.2 Å². The van der Waals surface area contributed by atoms with Crippen LogP contribution in [-0.2, 0) is 0 Å². The molecule has 4 atom stereocenters. The molecule has 0 saturated heterocycles. The number of aliphatic hydroxyl groups is 2. The summed E-state index contributed by atoms with van der Waals surface area (Å²) in [5.41, 5.74) is 1.66. The van der Waals surface area contributed by atoms with Gasteiger partial charge in [-0.05, 0) is 101 Å². The first kappa shape index (κ1) is 31.7. The summed E-state index contributed by atoms with van der Waals surface area (Å²) in [5, 5.41) is 22.4. The molecule has 4 heterocycles. The lowest BCUT2D eigenvalue weighted by Gasteiger charge is -2.41. The first-order chi connectivity index (χ1) is 23.1. The Morgan fingerprint density at radius 2 is 1.06 bits per heavy atom. The summed E-state index contributed by atoms with van der Waals surface area (Å²) >= 11 is 0. The third kappa shape index (κ3) is 5.39. The van der Waals surface area contributed by atoms with Gasteiger partial charge < -0.3 is 19.3 Å². The third-order valence-corrected chi connectivity index (χ3v) is 12.2. The van der Waals surface area contributed by atoms with Crippen molar-refractivity contribution in [2.45, 2.75) is 113 Å². The van der Waals surface area contributed by atoms with Crippen LogP contribution in [0.1, 0.15) is 100 Å². The number of hydrogen-bond donors (Lipinski definition) is 2. The van der Waals surface area contributed by atoms with E-state index >= 15 is 8.78 Å². The van der Waals surface area contributed by atoms with Gasteiger partial charge in [0.15, 0.2) is 0 Å². The van der Waals surface area contributed by atoms with Crippen molar-refractivity contribution in [2.75, 3.05) is 0 Å². The highest BCUT2D eigenvalue weighted by Gasteiger charge is 2.44. The molecule has 0 spiro atoms. The molecule has 0 bridgehead atoms. The molecule has 48 heavy (non-hydrogen) atoms. The van der Waals surface area contributed by atoms with Gasteiger partial charge in [-0.2, -0.15) is 0 Å². The van der Waals surface area contributed by atoms with E-state index in [9.17, 15) is 19.0 Å². The quantitative estimate of drug-likeness (QED) is 0.177. The van der Waals surface area contributed by atoms with Crippen molar-refractivity contribution < 1.29 is 27.8 Å². The molecule has 254 valence electrons. The molecule has 0 amide bonds. The number of rotatable bonds is 9. The van der Waals surface area contributed by atoms with Crippen molar-refractivity contribution in [2.24, 2.45) is 11.8 Å². The molecule has 2 aromatic carbocycles. The Bertz CT molecular complexity index is 1660. The fraction of sp³-hybridized carbons (Fsp3) is 0.526. The number of aliphatic hydroxyl groups excluding tert-OH is 2. The maximum absolute atomic E-state index is 16.1. The molecule has 4 aliphatic rings. The summed E-state index contributed by atoms with van der Waals surface area (Å²) in [6.45, 7) is 0. The van der Waals surface area contributed by atoms with Gasteiger partial charge in [-0.15, -0.1) is 0 Å². The van der Waals surface area contributed by atoms with Crippen LogP contribution in [0.3, 0.4) is 0 Å². The van der Waals surface area contributed by atoms with Crippen LogP contribution in [0.15, 0.2) is 61.4 Å². The number of halogens is 4. The number of nitrogens with zero attached hydrogens (tertiary/aromatic N) is 4. The summed E-state index contributed by atoms with van der Waals surface area (Å²) in [6.07, 6.45) is 9.18. The fourth-order valence-corrected chi connectivity index (χ4v) is 9.41. The summed E-state index contributed by atoms with van der Waals surface area (Å²) in [7, 11) is 0. The van der Waals surface area contributed by atoms with E-state index in [2.05, 4.69) is 9.97 Å². The molecule has 2 saturated carbocycles. The number of aromatic nitrogens is 4. The van der Waals surface area contributed by atoms with Crippen molar-refractivity contribution in [1.29, 1.82) is 0 Å². The molecule has 4 aromatic rings. The first-order valence-corrected chi connectivity index (χ1v) is 17.5. The highest BCUT2D eigenvalue weighted by molar-refractivity contribution is 5.70. The molecule has 4 unspecified atom stereocenters. The molecule has 0 radical (unpaired) electrons. The summed E-state index contributed by atoms with van der Waals surface area (Å²) in [5.74, 6) is -1.03. The number of benzene rings is 2. The maximum Gasteiger partial charge on any atom is 0.129 e. The second-order valence-corrected chi connectivity index (χ2v) is 14.8. The minimum atomic E-state index is -1.42. The highest BCUT2D eigenvalue weighted by atomic mass is 19.2. The molecule has 8 rings (SSSR count). The number of imidazole rings is 2. The van der Waals surface area contributed by atoms with Gasteiger partial charge in [-0.1, -0.05) is 24.3 Å². The van der Waals surface area contributed by atoms with Gasteiger partial charge in [0.2, 0.25) is 0 Å². The monoisotopic (exact) mass is 662 g/mol. The first-order valence-electron chi connectivity index (χ1n) is 17.5. The highest BCUT2D eigenvalue weighted by Crippen LogP contribution is 2.49. The second kappa shape index (κ2) is 12.1. The number of fused-ring (bicyclic) bond motifs is 6. The van der Waals surface area contributed by atoms with Gasteiger partial charge in [0.25, 0.3) is 0 Å². The Kier molecular flexibility index (Phi) is 8.02. The van der Waals surface area contributed by atoms with E-state index in [0.29, 0.717) is 49.7 Å². The van der Waals surface area contributed by atoms with Crippen LogP contribution in [0.2, 0.25) is 0 Å². The lowest BCUT2D eigenvalue weighted by Crippen LogP contribution is -2.44. The number of alkyl halides is 2. The molecule has 2 N–H and O–H groups in total. The van der Waals surface area contributed by atoms with Crippen molar-refractivity contribution in [1.82, 2.24) is 19.1 Å². The Morgan fingerprint density at radius 3 is 1.46 bits per heavy atom. The van der Waals surface area contributed by atoms with Gasteiger partial charge in [-0.25, -0.2) is 27.5 Å². The van der Waals surface area contributed by atoms with Gasteiger partial charge in [0, 0.05) is 22.3 Å². The molecule has 2 fully saturated rings. The summed E-state index contributed by atoms with van der Waals surface area (Å²) in [6, 6.07) is 9.41. The van der Waals surface area contributed by atoms with Crippen LogP contribution in [-0.4, -0.2) is 52.9 Å². The predicted molar refractivity (Wildman–Crippen MR) is 174 cm³/mol. The summed E-state index contributed by atoms with van der Waals surface area (Å²) in [4.78, 5) is 8.45. The Morgan fingerprint density at radius 1 is 0.667 bits per heavy atom. The topological polar surface area (TPSA) is 76.1 Å². The maximum atomic E-state index is 16.1. The predicted octanol–water partition coefficient (Wildman–Crippen LogP) is 8.28. The van der Waals surface area contributed by atoms with Gasteiger partial charge in [-0.3, -0.25) is 0 Å². The molecule has 10 heteroatoms. The van der Waals surface area contributed by atoms with Crippen molar-refractivity contribution in [3.8, 4) is 22.5 Å². The molecule has 2 aliphatic heterocycles. The SMILES string of the molecule is OC(C1CCC(F)(CCC2c3c(F)cccc3-c3cncn32)CC1)C(O)C1CCC(F)(CCC2c3c(F)cccc3-c3cncn32)CC1. The van der Waals surface area contributed by atoms with E-state index in [1.54, 1.807) is 37.2 Å². The fourth-order valence-electron chi connectivity index (χ4n) is 9.41. The minimum absolute atomic E-state index is 0.229. The van der Waals surface area contributed by atoms with Crippen LogP contribution >= 0.6 is 0 Å². The van der Waals surface area contributed by atoms with Crippen LogP contribution < -0.4 is 0 Å². The van der Waals surface area contributed by atoms with Crippen LogP contribution in [0, 0.1) is 23.5 Å². The van der Waals surface area contributed by atoms with E-state index in [1.807, 2.05) is 21.3 Å². The second-order valence-electron chi connectivity index (χ2n) is 14.8. The van der Waals surface area contributed by atoms with E-state index in [-0.39, 0.29) is 74.1 Å². The van der Waals surface area contributed by atoms with Gasteiger partial charge in [0.05, 0.1) is 60.7 Å². The molecular formula is C38H42F4N4O2. The average Bonchev–Trinajstić information content (AvgIpc) is 3.86. The molecule has 2 aliphatic carbocycles. The minimum Gasteiger partial charge on any atom is -0.390 e. The van der Waals surface area contributed by atoms with E-state index < -0.39 is 23.5 Å². The third-order valence-electron chi connectivity index (χ3n) is 12.2. The smallest absolute Gasteiger partial charge is 0.129 e. The molecular weight excluding hydrogens is 620 g/mol.